The molecule has 0 aromatic rings. The van der Waals surface area contributed by atoms with Gasteiger partial charge in [-0.15, -0.1) is 0 Å². The summed E-state index contributed by atoms with van der Waals surface area (Å²) < 4.78 is 0. The lowest BCUT2D eigenvalue weighted by molar-refractivity contribution is -0.137. The Balaban J connectivity index is 0. The van der Waals surface area contributed by atoms with E-state index in [1.54, 1.807) is 0 Å². The first-order valence-corrected chi connectivity index (χ1v) is 17.9. The van der Waals surface area contributed by atoms with Crippen molar-refractivity contribution in [3.63, 3.8) is 0 Å². The van der Waals surface area contributed by atoms with Gasteiger partial charge in [0.15, 0.2) is 0 Å². The van der Waals surface area contributed by atoms with Crippen molar-refractivity contribution in [2.24, 2.45) is 0 Å². The second kappa shape index (κ2) is 31.8. The third kappa shape index (κ3) is 27.2. The molecule has 0 aliphatic carbocycles. The highest BCUT2D eigenvalue weighted by molar-refractivity contribution is 5.93. The highest BCUT2D eigenvalue weighted by Crippen LogP contribution is 2.29. The average molecular weight is 637 g/mol. The first-order valence-electron chi connectivity index (χ1n) is 17.9. The lowest BCUT2D eigenvalue weighted by atomic mass is 9.89. The van der Waals surface area contributed by atoms with Crippen molar-refractivity contribution in [1.82, 2.24) is 0 Å². The third-order valence-corrected chi connectivity index (χ3v) is 8.05. The Kier molecular flexibility index (Phi) is 31.1. The van der Waals surface area contributed by atoms with E-state index in [1.165, 1.54) is 109 Å². The van der Waals surface area contributed by atoms with Gasteiger partial charge in [-0.3, -0.25) is 4.79 Å². The number of rotatable bonds is 30. The molecular weight excluding hydrogens is 568 g/mol. The van der Waals surface area contributed by atoms with E-state index in [1.807, 2.05) is 0 Å². The van der Waals surface area contributed by atoms with Gasteiger partial charge in [0.25, 0.3) is 0 Å². The molecule has 0 saturated heterocycles. The number of allylic oxidation sites excluding steroid dienone is 8. The van der Waals surface area contributed by atoms with Gasteiger partial charge in [0.05, 0.1) is 5.57 Å². The van der Waals surface area contributed by atoms with Crippen molar-refractivity contribution >= 4 is 11.9 Å². The van der Waals surface area contributed by atoms with Crippen LogP contribution < -0.4 is 0 Å². The molecule has 0 amide bonds. The predicted octanol–water partition coefficient (Wildman–Crippen LogP) is 13.2. The molecule has 46 heavy (non-hydrogen) atoms. The summed E-state index contributed by atoms with van der Waals surface area (Å²) >= 11 is 0. The first-order chi connectivity index (χ1) is 22.0. The molecule has 4 heteroatoms. The minimum absolute atomic E-state index is 0.0894. The molecule has 0 radical (unpaired) electrons. The van der Waals surface area contributed by atoms with Crippen LogP contribution in [0.15, 0.2) is 97.2 Å². The Bertz CT molecular complexity index is 991. The fourth-order valence-electron chi connectivity index (χ4n) is 4.75. The van der Waals surface area contributed by atoms with E-state index < -0.39 is 11.9 Å². The zero-order valence-electron chi connectivity index (χ0n) is 29.8. The number of hydrogen-bond acceptors (Lipinski definition) is 2. The molecule has 2 N–H and O–H groups in total. The van der Waals surface area contributed by atoms with Crippen LogP contribution in [0.3, 0.4) is 0 Å². The lowest BCUT2D eigenvalue weighted by Gasteiger charge is -2.15. The van der Waals surface area contributed by atoms with E-state index in [2.05, 4.69) is 77.6 Å². The fraction of sp³-hybridized carbons (Fsp3) is 0.571. The molecule has 0 aromatic heterocycles. The normalized spacial score (nSPS) is 10.8. The van der Waals surface area contributed by atoms with Gasteiger partial charge in [0.1, 0.15) is 0 Å². The smallest absolute Gasteiger partial charge is 0.335 e. The Hall–Kier alpha value is -3.14. The molecule has 0 heterocycles. The van der Waals surface area contributed by atoms with Crippen molar-refractivity contribution < 1.29 is 19.8 Å². The SMILES string of the molecule is C=C(C/C=C\CCCCCCCC)C(=C)C(=C)C(=C)C(=C)C(=C)C(=O)O.CCCCCCCC/C=C\CCCCCCCC(=O)O. The maximum absolute atomic E-state index is 11.0. The number of hydrogen-bond donors (Lipinski definition) is 2. The van der Waals surface area contributed by atoms with Crippen LogP contribution in [0.5, 0.6) is 0 Å². The molecule has 0 atom stereocenters. The van der Waals surface area contributed by atoms with Gasteiger partial charge < -0.3 is 10.2 Å². The topological polar surface area (TPSA) is 74.6 Å². The second-order valence-corrected chi connectivity index (χ2v) is 12.3. The van der Waals surface area contributed by atoms with Crippen LogP contribution in [-0.2, 0) is 9.59 Å². The molecule has 4 nitrogen and oxygen atoms in total. The largest absolute Gasteiger partial charge is 0.481 e. The van der Waals surface area contributed by atoms with E-state index in [9.17, 15) is 9.59 Å². The van der Waals surface area contributed by atoms with Crippen molar-refractivity contribution in [2.45, 2.75) is 155 Å². The number of carboxylic acids is 2. The quantitative estimate of drug-likeness (QED) is 0.0356. The van der Waals surface area contributed by atoms with Crippen LogP contribution in [0.25, 0.3) is 0 Å². The molecule has 0 spiro atoms. The van der Waals surface area contributed by atoms with Gasteiger partial charge in [0, 0.05) is 6.42 Å². The average Bonchev–Trinajstić information content (AvgIpc) is 3.03. The molecule has 0 bridgehead atoms. The Morgan fingerprint density at radius 2 is 0.804 bits per heavy atom. The van der Waals surface area contributed by atoms with Crippen molar-refractivity contribution in [2.75, 3.05) is 0 Å². The van der Waals surface area contributed by atoms with Crippen LogP contribution in [0.4, 0.5) is 0 Å². The van der Waals surface area contributed by atoms with E-state index in [0.29, 0.717) is 29.6 Å². The lowest BCUT2D eigenvalue weighted by Crippen LogP contribution is -2.05. The minimum atomic E-state index is -1.12. The Labute approximate surface area is 283 Å². The molecule has 260 valence electrons. The molecule has 0 fully saturated rings. The van der Waals surface area contributed by atoms with Gasteiger partial charge in [-0.2, -0.15) is 0 Å². The summed E-state index contributed by atoms with van der Waals surface area (Å²) in [6.45, 7) is 27.6. The summed E-state index contributed by atoms with van der Waals surface area (Å²) in [6.07, 6.45) is 35.0. The molecule has 0 unspecified atom stereocenters. The molecule has 0 rings (SSSR count). The zero-order valence-corrected chi connectivity index (χ0v) is 29.8. The molecule has 0 aromatic carbocycles. The van der Waals surface area contributed by atoms with Gasteiger partial charge >= 0.3 is 11.9 Å². The van der Waals surface area contributed by atoms with E-state index in [-0.39, 0.29) is 11.1 Å². The summed E-state index contributed by atoms with van der Waals surface area (Å²) in [7, 11) is 0. The Morgan fingerprint density at radius 1 is 0.457 bits per heavy atom. The number of aliphatic carboxylic acids is 2. The molecule has 0 saturated carbocycles. The number of carbonyl (C=O) groups is 2. The van der Waals surface area contributed by atoms with Crippen LogP contribution in [-0.4, -0.2) is 22.2 Å². The first kappa shape index (κ1) is 45.0. The van der Waals surface area contributed by atoms with E-state index in [0.717, 1.165) is 24.8 Å². The molecular formula is C42H68O4. The fourth-order valence-corrected chi connectivity index (χ4v) is 4.75. The molecule has 0 aliphatic rings. The number of unbranched alkanes of at least 4 members (excludes halogenated alkanes) is 17. The summed E-state index contributed by atoms with van der Waals surface area (Å²) in [5, 5.41) is 17.5. The zero-order chi connectivity index (χ0) is 35.0. The Morgan fingerprint density at radius 3 is 1.22 bits per heavy atom. The van der Waals surface area contributed by atoms with Gasteiger partial charge in [-0.25, -0.2) is 4.79 Å². The maximum Gasteiger partial charge on any atom is 0.335 e. The van der Waals surface area contributed by atoms with Gasteiger partial charge in [-0.1, -0.05) is 161 Å². The van der Waals surface area contributed by atoms with Gasteiger partial charge in [0.2, 0.25) is 0 Å². The van der Waals surface area contributed by atoms with Crippen LogP contribution in [0, 0.1) is 0 Å². The summed E-state index contributed by atoms with van der Waals surface area (Å²) in [5.41, 5.74) is 2.65. The third-order valence-electron chi connectivity index (χ3n) is 8.05. The van der Waals surface area contributed by atoms with E-state index >= 15 is 0 Å². The highest BCUT2D eigenvalue weighted by atomic mass is 16.4. The van der Waals surface area contributed by atoms with Crippen molar-refractivity contribution in [3.05, 3.63) is 97.2 Å². The predicted molar refractivity (Wildman–Crippen MR) is 201 cm³/mol. The van der Waals surface area contributed by atoms with Crippen molar-refractivity contribution in [3.8, 4) is 0 Å². The van der Waals surface area contributed by atoms with Crippen molar-refractivity contribution in [1.29, 1.82) is 0 Å². The van der Waals surface area contributed by atoms with Crippen LogP contribution in [0.2, 0.25) is 0 Å². The highest BCUT2D eigenvalue weighted by Gasteiger charge is 2.15. The summed E-state index contributed by atoms with van der Waals surface area (Å²) in [5.74, 6) is -1.78. The maximum atomic E-state index is 11.0. The number of carboxylic acid groups (broad SMARTS) is 2. The summed E-state index contributed by atoms with van der Waals surface area (Å²) in [6, 6.07) is 0. The summed E-state index contributed by atoms with van der Waals surface area (Å²) in [4.78, 5) is 21.3. The minimum Gasteiger partial charge on any atom is -0.481 e. The van der Waals surface area contributed by atoms with Gasteiger partial charge in [-0.05, 0) is 79.2 Å². The monoisotopic (exact) mass is 637 g/mol. The second-order valence-electron chi connectivity index (χ2n) is 12.3. The van der Waals surface area contributed by atoms with E-state index in [4.69, 9.17) is 10.2 Å². The van der Waals surface area contributed by atoms with Crippen LogP contribution in [0.1, 0.15) is 155 Å². The van der Waals surface area contributed by atoms with Crippen LogP contribution >= 0.6 is 0 Å². The molecule has 0 aliphatic heterocycles. The standard InChI is InChI=1S/C24H34O2.C18H34O2/c1-8-9-10-11-12-13-14-15-16-17-18(2)19(3)20(4)21(5)22(6)23(7)24(25)26;1-2-3-4-5-6-7-8-9-10-11-12-13-14-15-16-17-18(19)20/h15-16H,2-14,17H2,1H3,(H,25,26);9-10H,2-8,11-17H2,1H3,(H,19,20)/b16-15-;10-9-.